The smallest absolute Gasteiger partial charge is 0.409 e. The van der Waals surface area contributed by atoms with Gasteiger partial charge in [0.1, 0.15) is 0 Å². The summed E-state index contributed by atoms with van der Waals surface area (Å²) < 4.78 is 12.1. The molecule has 144 valence electrons. The second-order valence-corrected chi connectivity index (χ2v) is 6.16. The van der Waals surface area contributed by atoms with Gasteiger partial charge in [-0.1, -0.05) is 18.2 Å². The first kappa shape index (κ1) is 18.8. The number of hydrogen-bond acceptors (Lipinski definition) is 5. The Hall–Kier alpha value is -3.03. The summed E-state index contributed by atoms with van der Waals surface area (Å²) in [7, 11) is 1.52. The molecule has 1 aliphatic rings. The predicted molar refractivity (Wildman–Crippen MR) is 99.2 cm³/mol. The number of benzene rings is 1. The quantitative estimate of drug-likeness (QED) is 0.822. The van der Waals surface area contributed by atoms with Gasteiger partial charge in [0.2, 0.25) is 0 Å². The van der Waals surface area contributed by atoms with Crippen molar-refractivity contribution in [3.8, 4) is 11.4 Å². The Morgan fingerprint density at radius 1 is 1.07 bits per heavy atom. The lowest BCUT2D eigenvalue weighted by molar-refractivity contribution is 0.0744. The fraction of sp³-hybridized carbons (Fsp3) is 0.421. The number of carbonyl (C=O) groups is 2. The second kappa shape index (κ2) is 8.57. The van der Waals surface area contributed by atoms with Crippen LogP contribution in [-0.4, -0.2) is 71.5 Å². The summed E-state index contributed by atoms with van der Waals surface area (Å²) in [6, 6.07) is 9.55. The lowest BCUT2D eigenvalue weighted by atomic mass is 10.3. The van der Waals surface area contributed by atoms with Crippen LogP contribution in [0, 0.1) is 0 Å². The highest BCUT2D eigenvalue weighted by atomic mass is 16.6. The van der Waals surface area contributed by atoms with Gasteiger partial charge in [0, 0.05) is 26.2 Å². The molecule has 2 amide bonds. The second-order valence-electron chi connectivity index (χ2n) is 6.16. The molecule has 0 radical (unpaired) electrons. The Kier molecular flexibility index (Phi) is 5.95. The van der Waals surface area contributed by atoms with E-state index in [1.165, 1.54) is 7.11 Å². The van der Waals surface area contributed by atoms with Crippen molar-refractivity contribution >= 4 is 12.0 Å². The minimum absolute atomic E-state index is 0.202. The van der Waals surface area contributed by atoms with E-state index in [4.69, 9.17) is 9.47 Å². The van der Waals surface area contributed by atoms with Gasteiger partial charge in [-0.05, 0) is 25.5 Å². The summed E-state index contributed by atoms with van der Waals surface area (Å²) in [4.78, 5) is 28.3. The summed E-state index contributed by atoms with van der Waals surface area (Å²) in [6.45, 7) is 4.10. The summed E-state index contributed by atoms with van der Waals surface area (Å²) in [6.07, 6.45) is 2.05. The van der Waals surface area contributed by atoms with Crippen molar-refractivity contribution in [1.82, 2.24) is 19.6 Å². The summed E-state index contributed by atoms with van der Waals surface area (Å²) in [5, 5.41) is 4.44. The molecule has 2 aromatic rings. The molecule has 1 aromatic heterocycles. The van der Waals surface area contributed by atoms with Crippen molar-refractivity contribution in [2.24, 2.45) is 0 Å². The molecule has 1 fully saturated rings. The number of amides is 2. The zero-order valence-corrected chi connectivity index (χ0v) is 15.6. The van der Waals surface area contributed by atoms with Gasteiger partial charge in [-0.2, -0.15) is 5.10 Å². The fourth-order valence-corrected chi connectivity index (χ4v) is 3.04. The number of aromatic nitrogens is 2. The molecule has 1 aromatic carbocycles. The van der Waals surface area contributed by atoms with Gasteiger partial charge in [0.05, 0.1) is 25.6 Å². The molecule has 2 heterocycles. The van der Waals surface area contributed by atoms with E-state index < -0.39 is 0 Å². The Morgan fingerprint density at radius 2 is 1.78 bits per heavy atom. The molecule has 8 nitrogen and oxygen atoms in total. The van der Waals surface area contributed by atoms with Gasteiger partial charge in [0.25, 0.3) is 5.91 Å². The zero-order chi connectivity index (χ0) is 19.2. The van der Waals surface area contributed by atoms with Crippen LogP contribution in [0.1, 0.15) is 23.8 Å². The van der Waals surface area contributed by atoms with Crippen molar-refractivity contribution < 1.29 is 19.1 Å². The molecule has 1 aliphatic heterocycles. The van der Waals surface area contributed by atoms with Crippen LogP contribution in [0.25, 0.3) is 5.69 Å². The number of carbonyl (C=O) groups excluding carboxylic acids is 2. The van der Waals surface area contributed by atoms with Crippen LogP contribution in [0.4, 0.5) is 4.79 Å². The maximum Gasteiger partial charge on any atom is 0.409 e. The summed E-state index contributed by atoms with van der Waals surface area (Å²) in [5.74, 6) is 0.225. The Labute approximate surface area is 158 Å². The minimum atomic E-state index is -0.335. The van der Waals surface area contributed by atoms with Crippen LogP contribution in [0.5, 0.6) is 5.75 Å². The Balaban J connectivity index is 1.75. The Morgan fingerprint density at radius 3 is 2.48 bits per heavy atom. The van der Waals surface area contributed by atoms with E-state index >= 15 is 0 Å². The van der Waals surface area contributed by atoms with Crippen LogP contribution in [-0.2, 0) is 4.74 Å². The lowest BCUT2D eigenvalue weighted by Gasteiger charge is -2.21. The highest BCUT2D eigenvalue weighted by Gasteiger charge is 2.27. The molecule has 0 atom stereocenters. The van der Waals surface area contributed by atoms with Gasteiger partial charge >= 0.3 is 6.09 Å². The first-order valence-electron chi connectivity index (χ1n) is 9.04. The van der Waals surface area contributed by atoms with E-state index in [1.807, 2.05) is 30.3 Å². The molecule has 0 spiro atoms. The van der Waals surface area contributed by atoms with Crippen LogP contribution in [0.15, 0.2) is 36.5 Å². The van der Waals surface area contributed by atoms with Gasteiger partial charge in [-0.25, -0.2) is 9.48 Å². The van der Waals surface area contributed by atoms with Gasteiger partial charge in [0.15, 0.2) is 11.4 Å². The summed E-state index contributed by atoms with van der Waals surface area (Å²) >= 11 is 0. The maximum atomic E-state index is 13.0. The first-order valence-corrected chi connectivity index (χ1v) is 9.04. The molecule has 0 N–H and O–H groups in total. The van der Waals surface area contributed by atoms with Crippen LogP contribution < -0.4 is 4.74 Å². The van der Waals surface area contributed by atoms with Crippen LogP contribution >= 0.6 is 0 Å². The van der Waals surface area contributed by atoms with Crippen molar-refractivity contribution in [2.45, 2.75) is 13.3 Å². The molecular weight excluding hydrogens is 348 g/mol. The monoisotopic (exact) mass is 372 g/mol. The third-order valence-corrected chi connectivity index (χ3v) is 4.43. The molecule has 1 saturated heterocycles. The molecule has 3 rings (SSSR count). The average Bonchev–Trinajstić information content (AvgIpc) is 2.98. The summed E-state index contributed by atoms with van der Waals surface area (Å²) in [5.41, 5.74) is 1.12. The topological polar surface area (TPSA) is 76.9 Å². The zero-order valence-electron chi connectivity index (χ0n) is 15.6. The molecule has 0 bridgehead atoms. The van der Waals surface area contributed by atoms with Crippen LogP contribution in [0.3, 0.4) is 0 Å². The average molecular weight is 372 g/mol. The Bertz CT molecular complexity index is 790. The number of methoxy groups -OCH3 is 1. The predicted octanol–water partition coefficient (Wildman–Crippen LogP) is 2.19. The van der Waals surface area contributed by atoms with E-state index in [2.05, 4.69) is 5.10 Å². The number of ether oxygens (including phenoxy) is 2. The molecule has 27 heavy (non-hydrogen) atoms. The van der Waals surface area contributed by atoms with E-state index in [9.17, 15) is 9.59 Å². The largest absolute Gasteiger partial charge is 0.493 e. The third-order valence-electron chi connectivity index (χ3n) is 4.43. The van der Waals surface area contributed by atoms with Gasteiger partial charge in [-0.3, -0.25) is 4.79 Å². The van der Waals surface area contributed by atoms with Gasteiger partial charge < -0.3 is 19.3 Å². The van der Waals surface area contributed by atoms with E-state index in [-0.39, 0.29) is 17.7 Å². The number of hydrogen-bond donors (Lipinski definition) is 0. The molecule has 8 heteroatoms. The minimum Gasteiger partial charge on any atom is -0.493 e. The number of rotatable bonds is 4. The van der Waals surface area contributed by atoms with Crippen molar-refractivity contribution in [2.75, 3.05) is 39.9 Å². The van der Waals surface area contributed by atoms with E-state index in [0.29, 0.717) is 45.0 Å². The number of nitrogens with zero attached hydrogens (tertiary/aromatic N) is 4. The maximum absolute atomic E-state index is 13.0. The molecule has 0 unspecified atom stereocenters. The lowest BCUT2D eigenvalue weighted by Crippen LogP contribution is -2.37. The molecular formula is C19H24N4O4. The highest BCUT2D eigenvalue weighted by Crippen LogP contribution is 2.21. The van der Waals surface area contributed by atoms with Gasteiger partial charge in [-0.15, -0.1) is 0 Å². The molecule has 0 aliphatic carbocycles. The van der Waals surface area contributed by atoms with Crippen molar-refractivity contribution in [3.63, 3.8) is 0 Å². The van der Waals surface area contributed by atoms with Crippen molar-refractivity contribution in [3.05, 3.63) is 42.2 Å². The van der Waals surface area contributed by atoms with Crippen LogP contribution in [0.2, 0.25) is 0 Å². The van der Waals surface area contributed by atoms with Crippen molar-refractivity contribution in [1.29, 1.82) is 0 Å². The highest BCUT2D eigenvalue weighted by molar-refractivity contribution is 5.95. The third kappa shape index (κ3) is 4.21. The van der Waals surface area contributed by atoms with E-state index in [0.717, 1.165) is 5.69 Å². The first-order chi connectivity index (χ1) is 13.1. The SMILES string of the molecule is CCOC(=O)N1CCCN(C(=O)c2nn(-c3ccccc3)cc2OC)CC1. The standard InChI is InChI=1S/C19H24N4O4/c1-3-27-19(25)22-11-7-10-21(12-13-22)18(24)17-16(26-2)14-23(20-17)15-8-5-4-6-9-15/h4-6,8-9,14H,3,7,10-13H2,1-2H3. The fourth-order valence-electron chi connectivity index (χ4n) is 3.04. The number of para-hydroxylation sites is 1. The normalized spacial score (nSPS) is 14.6. The van der Waals surface area contributed by atoms with E-state index in [1.54, 1.807) is 27.6 Å². The molecule has 0 saturated carbocycles.